The van der Waals surface area contributed by atoms with E-state index in [0.29, 0.717) is 18.7 Å². The van der Waals surface area contributed by atoms with Crippen LogP contribution in [-0.2, 0) is 11.3 Å². The first-order valence-electron chi connectivity index (χ1n) is 9.68. The number of para-hydroxylation sites is 1. The number of carbonyl (C=O) groups is 1. The molecule has 1 atom stereocenters. The predicted molar refractivity (Wildman–Crippen MR) is 110 cm³/mol. The first kappa shape index (κ1) is 19.3. The van der Waals surface area contributed by atoms with Crippen LogP contribution >= 0.6 is 0 Å². The van der Waals surface area contributed by atoms with Crippen molar-refractivity contribution in [1.29, 1.82) is 0 Å². The highest BCUT2D eigenvalue weighted by Crippen LogP contribution is 2.32. The summed E-state index contributed by atoms with van der Waals surface area (Å²) in [5.41, 5.74) is 3.33. The van der Waals surface area contributed by atoms with Crippen molar-refractivity contribution >= 4 is 11.6 Å². The molecular weight excluding hydrogens is 370 g/mol. The van der Waals surface area contributed by atoms with E-state index in [0.717, 1.165) is 22.9 Å². The topological polar surface area (TPSA) is 23.6 Å². The maximum absolute atomic E-state index is 14.0. The standard InChI is InChI=1S/C24H22F2N2O/c1-17-24(29)28(14-13-27(17)16-19-11-12-20(25)15-22(19)26)23-10-6-5-9-21(23)18-7-3-2-4-8-18/h2-12,15,17H,13-14,16H2,1H3/t17-/m1/s1. The van der Waals surface area contributed by atoms with Gasteiger partial charge in [0.2, 0.25) is 5.91 Å². The molecule has 1 fully saturated rings. The van der Waals surface area contributed by atoms with E-state index >= 15 is 0 Å². The van der Waals surface area contributed by atoms with E-state index in [1.165, 1.54) is 12.1 Å². The Balaban J connectivity index is 1.57. The normalized spacial score (nSPS) is 17.6. The van der Waals surface area contributed by atoms with E-state index < -0.39 is 17.7 Å². The molecule has 1 amide bonds. The fourth-order valence-electron chi connectivity index (χ4n) is 3.81. The molecule has 3 aromatic rings. The molecular formula is C24H22F2N2O. The van der Waals surface area contributed by atoms with Gasteiger partial charge in [0, 0.05) is 36.8 Å². The van der Waals surface area contributed by atoms with Gasteiger partial charge < -0.3 is 4.90 Å². The lowest BCUT2D eigenvalue weighted by Crippen LogP contribution is -2.55. The van der Waals surface area contributed by atoms with Crippen molar-refractivity contribution < 1.29 is 13.6 Å². The molecule has 4 rings (SSSR count). The molecule has 0 N–H and O–H groups in total. The summed E-state index contributed by atoms with van der Waals surface area (Å²) in [7, 11) is 0. The predicted octanol–water partition coefficient (Wildman–Crippen LogP) is 4.87. The van der Waals surface area contributed by atoms with Crippen LogP contribution in [0.25, 0.3) is 11.1 Å². The molecule has 3 nitrogen and oxygen atoms in total. The maximum atomic E-state index is 14.0. The van der Waals surface area contributed by atoms with Gasteiger partial charge in [-0.25, -0.2) is 8.78 Å². The number of halogens is 2. The third-order valence-corrected chi connectivity index (χ3v) is 5.45. The van der Waals surface area contributed by atoms with Crippen molar-refractivity contribution in [2.24, 2.45) is 0 Å². The third kappa shape index (κ3) is 3.91. The van der Waals surface area contributed by atoms with Crippen LogP contribution < -0.4 is 4.90 Å². The highest BCUT2D eigenvalue weighted by Gasteiger charge is 2.33. The van der Waals surface area contributed by atoms with Crippen molar-refractivity contribution in [1.82, 2.24) is 4.90 Å². The molecule has 0 aromatic heterocycles. The molecule has 0 unspecified atom stereocenters. The summed E-state index contributed by atoms with van der Waals surface area (Å²) in [6, 6.07) is 21.0. The molecule has 0 bridgehead atoms. The Kier molecular flexibility index (Phi) is 5.41. The molecule has 1 aliphatic heterocycles. The molecule has 29 heavy (non-hydrogen) atoms. The maximum Gasteiger partial charge on any atom is 0.244 e. The van der Waals surface area contributed by atoms with Crippen LogP contribution in [-0.4, -0.2) is 29.9 Å². The summed E-state index contributed by atoms with van der Waals surface area (Å²) >= 11 is 0. The Labute approximate surface area is 169 Å². The van der Waals surface area contributed by atoms with Crippen LogP contribution in [0.3, 0.4) is 0 Å². The van der Waals surface area contributed by atoms with Crippen molar-refractivity contribution in [3.05, 3.63) is 90.0 Å². The molecule has 0 saturated carbocycles. The zero-order chi connectivity index (χ0) is 20.4. The lowest BCUT2D eigenvalue weighted by Gasteiger charge is -2.39. The van der Waals surface area contributed by atoms with Crippen molar-refractivity contribution in [3.63, 3.8) is 0 Å². The Morgan fingerprint density at radius 2 is 1.66 bits per heavy atom. The largest absolute Gasteiger partial charge is 0.309 e. The van der Waals surface area contributed by atoms with Gasteiger partial charge in [-0.05, 0) is 24.6 Å². The zero-order valence-electron chi connectivity index (χ0n) is 16.2. The Morgan fingerprint density at radius 1 is 0.931 bits per heavy atom. The highest BCUT2D eigenvalue weighted by molar-refractivity contribution is 6.01. The van der Waals surface area contributed by atoms with Crippen LogP contribution in [0.2, 0.25) is 0 Å². The third-order valence-electron chi connectivity index (χ3n) is 5.45. The lowest BCUT2D eigenvalue weighted by atomic mass is 10.0. The Hall–Kier alpha value is -3.05. The van der Waals surface area contributed by atoms with Gasteiger partial charge in [0.25, 0.3) is 0 Å². The molecule has 1 aliphatic rings. The molecule has 148 valence electrons. The second-order valence-electron chi connectivity index (χ2n) is 7.26. The second kappa shape index (κ2) is 8.13. The van der Waals surface area contributed by atoms with Gasteiger partial charge in [0.1, 0.15) is 11.6 Å². The fourth-order valence-corrected chi connectivity index (χ4v) is 3.81. The number of anilines is 1. The molecule has 0 radical (unpaired) electrons. The van der Waals surface area contributed by atoms with Gasteiger partial charge in [-0.2, -0.15) is 0 Å². The monoisotopic (exact) mass is 392 g/mol. The van der Waals surface area contributed by atoms with Crippen molar-refractivity contribution in [3.8, 4) is 11.1 Å². The average molecular weight is 392 g/mol. The number of benzene rings is 3. The molecule has 1 saturated heterocycles. The van der Waals surface area contributed by atoms with E-state index in [-0.39, 0.29) is 12.5 Å². The van der Waals surface area contributed by atoms with Crippen LogP contribution in [0.15, 0.2) is 72.8 Å². The second-order valence-corrected chi connectivity index (χ2v) is 7.26. The summed E-state index contributed by atoms with van der Waals surface area (Å²) < 4.78 is 27.2. The van der Waals surface area contributed by atoms with Gasteiger partial charge in [-0.15, -0.1) is 0 Å². The van der Waals surface area contributed by atoms with Crippen LogP contribution in [0.4, 0.5) is 14.5 Å². The Morgan fingerprint density at radius 3 is 2.41 bits per heavy atom. The summed E-state index contributed by atoms with van der Waals surface area (Å²) in [4.78, 5) is 16.9. The molecule has 3 aromatic carbocycles. The highest BCUT2D eigenvalue weighted by atomic mass is 19.1. The van der Waals surface area contributed by atoms with Gasteiger partial charge >= 0.3 is 0 Å². The van der Waals surface area contributed by atoms with Gasteiger partial charge in [-0.3, -0.25) is 9.69 Å². The number of carbonyl (C=O) groups excluding carboxylic acids is 1. The fraction of sp³-hybridized carbons (Fsp3) is 0.208. The molecule has 5 heteroatoms. The quantitative estimate of drug-likeness (QED) is 0.633. The molecule has 1 heterocycles. The first-order valence-corrected chi connectivity index (χ1v) is 9.68. The van der Waals surface area contributed by atoms with E-state index in [4.69, 9.17) is 0 Å². The van der Waals surface area contributed by atoms with Gasteiger partial charge in [0.15, 0.2) is 0 Å². The van der Waals surface area contributed by atoms with Crippen LogP contribution in [0, 0.1) is 11.6 Å². The average Bonchev–Trinajstić information content (AvgIpc) is 2.74. The first-order chi connectivity index (χ1) is 14.0. The zero-order valence-corrected chi connectivity index (χ0v) is 16.2. The van der Waals surface area contributed by atoms with Crippen LogP contribution in [0.1, 0.15) is 12.5 Å². The summed E-state index contributed by atoms with van der Waals surface area (Å²) in [5, 5.41) is 0. The van der Waals surface area contributed by atoms with E-state index in [1.807, 2.05) is 71.3 Å². The minimum absolute atomic E-state index is 0.0258. The number of piperazine rings is 1. The van der Waals surface area contributed by atoms with E-state index in [1.54, 1.807) is 0 Å². The Bertz CT molecular complexity index is 1020. The number of nitrogens with zero attached hydrogens (tertiary/aromatic N) is 2. The summed E-state index contributed by atoms with van der Waals surface area (Å²) in [5.74, 6) is -1.21. The minimum Gasteiger partial charge on any atom is -0.309 e. The van der Waals surface area contributed by atoms with E-state index in [9.17, 15) is 13.6 Å². The molecule has 0 spiro atoms. The van der Waals surface area contributed by atoms with Crippen molar-refractivity contribution in [2.45, 2.75) is 19.5 Å². The minimum atomic E-state index is -0.599. The van der Waals surface area contributed by atoms with Crippen LogP contribution in [0.5, 0.6) is 0 Å². The van der Waals surface area contributed by atoms with E-state index in [2.05, 4.69) is 0 Å². The number of hydrogen-bond acceptors (Lipinski definition) is 2. The number of rotatable bonds is 4. The van der Waals surface area contributed by atoms with Crippen molar-refractivity contribution in [2.75, 3.05) is 18.0 Å². The van der Waals surface area contributed by atoms with Gasteiger partial charge in [0.05, 0.1) is 11.7 Å². The number of hydrogen-bond donors (Lipinski definition) is 0. The lowest BCUT2D eigenvalue weighted by molar-refractivity contribution is -0.125. The SMILES string of the molecule is C[C@@H]1C(=O)N(c2ccccc2-c2ccccc2)CCN1Cc1ccc(F)cc1F. The number of amides is 1. The summed E-state index contributed by atoms with van der Waals surface area (Å²) in [6.07, 6.45) is 0. The smallest absolute Gasteiger partial charge is 0.244 e. The summed E-state index contributed by atoms with van der Waals surface area (Å²) in [6.45, 7) is 3.22. The molecule has 0 aliphatic carbocycles. The van der Waals surface area contributed by atoms with Gasteiger partial charge in [-0.1, -0.05) is 54.6 Å².